The Bertz CT molecular complexity index is 2090. The highest BCUT2D eigenvalue weighted by Gasteiger charge is 2.36. The van der Waals surface area contributed by atoms with Gasteiger partial charge in [0.15, 0.2) is 0 Å². The average molecular weight is 689 g/mol. The van der Waals surface area contributed by atoms with Crippen molar-refractivity contribution in [2.24, 2.45) is 0 Å². The number of nitrogens with zero attached hydrogens (tertiary/aromatic N) is 6. The maximum Gasteiger partial charge on any atom is 0.332 e. The smallest absolute Gasteiger partial charge is 0.332 e. The van der Waals surface area contributed by atoms with Crippen LogP contribution in [-0.2, 0) is 22.7 Å². The fourth-order valence-corrected chi connectivity index (χ4v) is 7.99. The molecule has 0 spiro atoms. The summed E-state index contributed by atoms with van der Waals surface area (Å²) in [6.45, 7) is 2.29. The minimum absolute atomic E-state index is 0.109. The van der Waals surface area contributed by atoms with Crippen molar-refractivity contribution in [1.29, 1.82) is 0 Å². The van der Waals surface area contributed by atoms with Gasteiger partial charge in [0.2, 0.25) is 5.91 Å². The van der Waals surface area contributed by atoms with Gasteiger partial charge in [0.05, 0.1) is 36.5 Å². The number of halogens is 1. The van der Waals surface area contributed by atoms with Crippen LogP contribution < -0.4 is 16.0 Å². The normalized spacial score (nSPS) is 20.3. The summed E-state index contributed by atoms with van der Waals surface area (Å²) in [7, 11) is 1.65. The van der Waals surface area contributed by atoms with Crippen molar-refractivity contribution in [1.82, 2.24) is 29.0 Å². The fourth-order valence-electron chi connectivity index (χ4n) is 6.78. The van der Waals surface area contributed by atoms with Gasteiger partial charge in [-0.05, 0) is 62.8 Å². The molecule has 0 bridgehead atoms. The largest absolute Gasteiger partial charge is 0.489 e. The maximum atomic E-state index is 15.1. The van der Waals surface area contributed by atoms with E-state index in [4.69, 9.17) is 9.47 Å². The topological polar surface area (TPSA) is 134 Å². The third kappa shape index (κ3) is 6.43. The number of likely N-dealkylation sites (tertiary alicyclic amines) is 1. The summed E-state index contributed by atoms with van der Waals surface area (Å²) in [5.41, 5.74) is 0.663. The maximum absolute atomic E-state index is 15.1. The van der Waals surface area contributed by atoms with E-state index in [1.165, 1.54) is 50.1 Å². The molecule has 49 heavy (non-hydrogen) atoms. The van der Waals surface area contributed by atoms with Crippen LogP contribution in [0.25, 0.3) is 15.2 Å². The molecule has 5 aromatic rings. The number of aliphatic hydroxyl groups excluding tert-OH is 1. The molecule has 1 saturated carbocycles. The zero-order valence-electron chi connectivity index (χ0n) is 27.2. The molecule has 14 heteroatoms. The lowest BCUT2D eigenvalue weighted by molar-refractivity contribution is -0.129. The summed E-state index contributed by atoms with van der Waals surface area (Å²) < 4.78 is 30.6. The van der Waals surface area contributed by atoms with E-state index >= 15 is 4.39 Å². The van der Waals surface area contributed by atoms with Gasteiger partial charge >= 0.3 is 5.69 Å². The number of likely N-dealkylation sites (N-methyl/N-ethyl adjacent to an activating group) is 1. The van der Waals surface area contributed by atoms with Crippen LogP contribution in [0, 0.1) is 12.7 Å². The highest BCUT2D eigenvalue weighted by atomic mass is 32.1. The van der Waals surface area contributed by atoms with Crippen LogP contribution in [-0.4, -0.2) is 65.8 Å². The van der Waals surface area contributed by atoms with E-state index in [0.717, 1.165) is 10.1 Å². The van der Waals surface area contributed by atoms with Crippen LogP contribution in [0.2, 0.25) is 0 Å². The van der Waals surface area contributed by atoms with E-state index < -0.39 is 35.3 Å². The monoisotopic (exact) mass is 688 g/mol. The molecular formula is C35H37FN6O6S. The Morgan fingerprint density at radius 2 is 1.76 bits per heavy atom. The molecule has 1 aliphatic heterocycles. The van der Waals surface area contributed by atoms with E-state index in [1.54, 1.807) is 20.0 Å². The minimum Gasteiger partial charge on any atom is -0.489 e. The van der Waals surface area contributed by atoms with Gasteiger partial charge in [-0.3, -0.25) is 14.2 Å². The Morgan fingerprint density at radius 1 is 1.02 bits per heavy atom. The second-order valence-corrected chi connectivity index (χ2v) is 13.7. The number of aryl methyl sites for hydroxylation is 1. The number of rotatable bonds is 10. The number of ether oxygens (including phenoxy) is 2. The number of carbonyl (C=O) groups excluding carboxylic acids is 1. The molecule has 256 valence electrons. The highest BCUT2D eigenvalue weighted by molar-refractivity contribution is 7.21. The molecule has 1 saturated heterocycles. The standard InChI is InChI=1S/C35H37FN6O6S/c1-21-30-32(45)41(27-14-17-39(2)31(27)44)35(46)40(34(30)49-33(21)42-37-15-16-38-42)19-29(48-25-11-9-24(43)10-12-25)26-18-23(36)8-13-28(26)47-20-22-6-4-3-5-7-22/h3-8,13,15-16,18,24-25,27,29,43H,9-12,14,17,19-20H2,1-2H3/t24-,25+,27-,29+/m1/s1. The third-order valence-electron chi connectivity index (χ3n) is 9.43. The van der Waals surface area contributed by atoms with Crippen LogP contribution >= 0.6 is 11.3 Å². The summed E-state index contributed by atoms with van der Waals surface area (Å²) >= 11 is 1.19. The first-order valence-electron chi connectivity index (χ1n) is 16.4. The predicted octanol–water partition coefficient (Wildman–Crippen LogP) is 4.30. The number of benzene rings is 2. The van der Waals surface area contributed by atoms with Crippen molar-refractivity contribution in [3.8, 4) is 10.8 Å². The molecule has 2 atom stereocenters. The average Bonchev–Trinajstić information content (AvgIpc) is 3.83. The number of carbonyl (C=O) groups is 1. The number of hydrogen-bond acceptors (Lipinski definition) is 9. The van der Waals surface area contributed by atoms with Gasteiger partial charge in [0.25, 0.3) is 5.56 Å². The number of thiophene rings is 1. The second kappa shape index (κ2) is 13.7. The first-order valence-corrected chi connectivity index (χ1v) is 17.2. The lowest BCUT2D eigenvalue weighted by Gasteiger charge is -2.31. The Labute approximate surface area is 284 Å². The zero-order valence-corrected chi connectivity index (χ0v) is 28.0. The summed E-state index contributed by atoms with van der Waals surface area (Å²) in [5.74, 6) is -0.432. The summed E-state index contributed by atoms with van der Waals surface area (Å²) in [5, 5.41) is 19.5. The van der Waals surface area contributed by atoms with Gasteiger partial charge in [-0.25, -0.2) is 13.8 Å². The Balaban J connectivity index is 1.38. The van der Waals surface area contributed by atoms with Gasteiger partial charge in [-0.2, -0.15) is 10.2 Å². The number of amides is 1. The lowest BCUT2D eigenvalue weighted by Crippen LogP contribution is -2.45. The van der Waals surface area contributed by atoms with Crippen molar-refractivity contribution in [3.63, 3.8) is 0 Å². The SMILES string of the molecule is Cc1c(-n2nccn2)sc2c1c(=O)n([C@@H]1CCN(C)C1=O)c(=O)n2C[C@H](O[C@H]1CC[C@@H](O)CC1)c1cc(F)ccc1OCc1ccccc1. The molecule has 2 aliphatic rings. The fraction of sp³-hybridized carbons (Fsp3) is 0.400. The van der Waals surface area contributed by atoms with Crippen molar-refractivity contribution < 1.29 is 23.8 Å². The highest BCUT2D eigenvalue weighted by Crippen LogP contribution is 2.37. The molecule has 1 N–H and O–H groups in total. The zero-order chi connectivity index (χ0) is 34.2. The van der Waals surface area contributed by atoms with Crippen LogP contribution in [0.1, 0.15) is 60.9 Å². The van der Waals surface area contributed by atoms with Crippen molar-refractivity contribution in [3.05, 3.63) is 104 Å². The molecule has 2 aromatic carbocycles. The number of hydrogen-bond donors (Lipinski definition) is 1. The molecular weight excluding hydrogens is 651 g/mol. The first kappa shape index (κ1) is 32.9. The molecule has 12 nitrogen and oxygen atoms in total. The van der Waals surface area contributed by atoms with Gasteiger partial charge in [-0.15, -0.1) is 4.80 Å². The summed E-state index contributed by atoms with van der Waals surface area (Å²) in [6, 6.07) is 12.8. The van der Waals surface area contributed by atoms with Crippen molar-refractivity contribution in [2.75, 3.05) is 13.6 Å². The number of aromatic nitrogens is 5. The van der Waals surface area contributed by atoms with Gasteiger partial charge < -0.3 is 19.5 Å². The Kier molecular flexibility index (Phi) is 9.18. The van der Waals surface area contributed by atoms with Crippen molar-refractivity contribution in [2.45, 2.75) is 76.5 Å². The van der Waals surface area contributed by atoms with E-state index in [1.807, 2.05) is 30.3 Å². The van der Waals surface area contributed by atoms with Crippen LogP contribution in [0.5, 0.6) is 5.75 Å². The van der Waals surface area contributed by atoms with Gasteiger partial charge in [0, 0.05) is 24.7 Å². The summed E-state index contributed by atoms with van der Waals surface area (Å²) in [4.78, 5) is 45.2. The second-order valence-electron chi connectivity index (χ2n) is 12.7. The van der Waals surface area contributed by atoms with E-state index in [0.29, 0.717) is 65.4 Å². The Morgan fingerprint density at radius 3 is 2.45 bits per heavy atom. The molecule has 0 unspecified atom stereocenters. The molecule has 3 aromatic heterocycles. The number of aliphatic hydroxyl groups is 1. The van der Waals surface area contributed by atoms with Crippen LogP contribution in [0.4, 0.5) is 4.39 Å². The van der Waals surface area contributed by atoms with E-state index in [9.17, 15) is 19.5 Å². The molecule has 7 rings (SSSR count). The molecule has 1 amide bonds. The van der Waals surface area contributed by atoms with Gasteiger partial charge in [-0.1, -0.05) is 41.7 Å². The number of fused-ring (bicyclic) bond motifs is 1. The molecule has 0 radical (unpaired) electrons. The lowest BCUT2D eigenvalue weighted by atomic mass is 9.94. The molecule has 4 heterocycles. The quantitative estimate of drug-likeness (QED) is 0.230. The van der Waals surface area contributed by atoms with E-state index in [-0.39, 0.29) is 30.5 Å². The van der Waals surface area contributed by atoms with Crippen molar-refractivity contribution >= 4 is 27.5 Å². The Hall–Kier alpha value is -4.66. The predicted molar refractivity (Wildman–Crippen MR) is 181 cm³/mol. The van der Waals surface area contributed by atoms with E-state index in [2.05, 4.69) is 10.2 Å². The molecule has 1 aliphatic carbocycles. The minimum atomic E-state index is -0.968. The summed E-state index contributed by atoms with van der Waals surface area (Å²) in [6.07, 6.45) is 4.00. The third-order valence-corrected chi connectivity index (χ3v) is 10.7. The first-order chi connectivity index (χ1) is 23.7. The van der Waals surface area contributed by atoms with Crippen LogP contribution in [0.15, 0.2) is 70.5 Å². The van der Waals surface area contributed by atoms with Crippen LogP contribution in [0.3, 0.4) is 0 Å². The molecule has 2 fully saturated rings. The van der Waals surface area contributed by atoms with Gasteiger partial charge in [0.1, 0.15) is 40.2 Å².